The number of hydrogen-bond donors (Lipinski definition) is 2. The predicted molar refractivity (Wildman–Crippen MR) is 150 cm³/mol. The molecular formula is C29H49N7O. The Labute approximate surface area is 223 Å². The molecule has 5 rings (SSSR count). The van der Waals surface area contributed by atoms with Crippen LogP contribution < -0.4 is 16.0 Å². The summed E-state index contributed by atoms with van der Waals surface area (Å²) in [6, 6.07) is 3.28. The summed E-state index contributed by atoms with van der Waals surface area (Å²) in [5.74, 6) is 2.51. The first-order chi connectivity index (χ1) is 18.2. The maximum absolute atomic E-state index is 13.1. The second-order valence-electron chi connectivity index (χ2n) is 11.8. The largest absolute Gasteiger partial charge is 0.356 e. The average Bonchev–Trinajstić information content (AvgIpc) is 3.24. The molecule has 8 heteroatoms. The summed E-state index contributed by atoms with van der Waals surface area (Å²) < 4.78 is 0. The van der Waals surface area contributed by atoms with E-state index in [4.69, 9.17) is 10.7 Å². The zero-order chi connectivity index (χ0) is 25.5. The Hall–Kier alpha value is -1.93. The maximum Gasteiger partial charge on any atom is 0.225 e. The number of nitrogens with zero attached hydrogens (tertiary/aromatic N) is 5. The molecule has 0 radical (unpaired) electrons. The highest BCUT2D eigenvalue weighted by atomic mass is 16.2. The van der Waals surface area contributed by atoms with E-state index in [1.54, 1.807) is 0 Å². The molecule has 1 amide bonds. The van der Waals surface area contributed by atoms with E-state index in [0.29, 0.717) is 30.6 Å². The van der Waals surface area contributed by atoms with Crippen LogP contribution in [0.3, 0.4) is 0 Å². The number of nitrogens with one attached hydrogen (secondary N) is 1. The lowest BCUT2D eigenvalue weighted by molar-refractivity contribution is -0.138. The number of hydrogen-bond acceptors (Lipinski definition) is 7. The van der Waals surface area contributed by atoms with Crippen molar-refractivity contribution in [1.29, 1.82) is 0 Å². The fourth-order valence-corrected chi connectivity index (χ4v) is 7.33. The van der Waals surface area contributed by atoms with Gasteiger partial charge in [-0.2, -0.15) is 4.98 Å². The number of carbonyl (C=O) groups is 1. The minimum atomic E-state index is 0.281. The van der Waals surface area contributed by atoms with Gasteiger partial charge < -0.3 is 20.9 Å². The summed E-state index contributed by atoms with van der Waals surface area (Å²) in [4.78, 5) is 30.0. The standard InChI is InChI=1S/C29H49N7O/c30-16-12-26-25(32-29-31-17-13-27(33-29)34-18-6-1-2-7-19-34)11-8-20-36(26)24-14-21-35(22-15-24)28(37)23-9-4-3-5-10-23/h13,17,23-26H,1-12,14-16,18-22,30H2,(H,31,32,33). The Balaban J connectivity index is 1.20. The van der Waals surface area contributed by atoms with Crippen LogP contribution in [0.25, 0.3) is 0 Å². The summed E-state index contributed by atoms with van der Waals surface area (Å²) in [6.45, 7) is 5.80. The van der Waals surface area contributed by atoms with Crippen LogP contribution in [0.2, 0.25) is 0 Å². The lowest BCUT2D eigenvalue weighted by atomic mass is 9.87. The highest BCUT2D eigenvalue weighted by Gasteiger charge is 2.38. The molecule has 1 aromatic heterocycles. The summed E-state index contributed by atoms with van der Waals surface area (Å²) in [5, 5.41) is 3.74. The van der Waals surface area contributed by atoms with Gasteiger partial charge in [0, 0.05) is 56.4 Å². The fourth-order valence-electron chi connectivity index (χ4n) is 7.33. The number of aromatic nitrogens is 2. The third-order valence-electron chi connectivity index (χ3n) is 9.37. The van der Waals surface area contributed by atoms with E-state index in [9.17, 15) is 4.79 Å². The molecule has 2 atom stereocenters. The second-order valence-corrected chi connectivity index (χ2v) is 11.8. The molecule has 0 spiro atoms. The van der Waals surface area contributed by atoms with Crippen molar-refractivity contribution in [2.24, 2.45) is 11.7 Å². The van der Waals surface area contributed by atoms with Gasteiger partial charge in [0.15, 0.2) is 0 Å². The van der Waals surface area contributed by atoms with Crippen molar-refractivity contribution in [2.75, 3.05) is 49.5 Å². The lowest BCUT2D eigenvalue weighted by Crippen LogP contribution is -2.58. The smallest absolute Gasteiger partial charge is 0.225 e. The van der Waals surface area contributed by atoms with Gasteiger partial charge >= 0.3 is 0 Å². The molecule has 4 aliphatic rings. The quantitative estimate of drug-likeness (QED) is 0.571. The molecule has 3 N–H and O–H groups in total. The Morgan fingerprint density at radius 3 is 2.35 bits per heavy atom. The van der Waals surface area contributed by atoms with Crippen LogP contribution >= 0.6 is 0 Å². The van der Waals surface area contributed by atoms with Crippen molar-refractivity contribution in [3.63, 3.8) is 0 Å². The topological polar surface area (TPSA) is 90.6 Å². The van der Waals surface area contributed by atoms with Gasteiger partial charge in [-0.1, -0.05) is 32.1 Å². The summed E-state index contributed by atoms with van der Waals surface area (Å²) in [7, 11) is 0. The molecule has 0 aromatic carbocycles. The second kappa shape index (κ2) is 13.2. The monoisotopic (exact) mass is 511 g/mol. The van der Waals surface area contributed by atoms with E-state index in [2.05, 4.69) is 31.1 Å². The highest BCUT2D eigenvalue weighted by Crippen LogP contribution is 2.31. The molecule has 1 saturated carbocycles. The number of amides is 1. The van der Waals surface area contributed by atoms with Gasteiger partial charge in [0.1, 0.15) is 5.82 Å². The molecule has 3 saturated heterocycles. The summed E-state index contributed by atoms with van der Waals surface area (Å²) >= 11 is 0. The first kappa shape index (κ1) is 26.7. The van der Waals surface area contributed by atoms with E-state index in [1.165, 1.54) is 51.4 Å². The van der Waals surface area contributed by atoms with Crippen molar-refractivity contribution >= 4 is 17.7 Å². The number of piperidine rings is 2. The lowest BCUT2D eigenvalue weighted by Gasteiger charge is -2.48. The third-order valence-corrected chi connectivity index (χ3v) is 9.37. The van der Waals surface area contributed by atoms with E-state index in [1.807, 2.05) is 6.20 Å². The van der Waals surface area contributed by atoms with Crippen molar-refractivity contribution in [1.82, 2.24) is 19.8 Å². The van der Waals surface area contributed by atoms with Crippen molar-refractivity contribution in [2.45, 2.75) is 108 Å². The van der Waals surface area contributed by atoms with Gasteiger partial charge in [0.2, 0.25) is 11.9 Å². The first-order valence-corrected chi connectivity index (χ1v) is 15.3. The number of likely N-dealkylation sites (tertiary alicyclic amines) is 2. The van der Waals surface area contributed by atoms with Gasteiger partial charge in [0.25, 0.3) is 0 Å². The van der Waals surface area contributed by atoms with Gasteiger partial charge in [-0.25, -0.2) is 4.98 Å². The number of carbonyl (C=O) groups excluding carboxylic acids is 1. The SMILES string of the molecule is NCCC1C(Nc2nccc(N3CCCCCC3)n2)CCCN1C1CCN(C(=O)C2CCCCC2)CC1. The Morgan fingerprint density at radius 1 is 0.892 bits per heavy atom. The third kappa shape index (κ3) is 6.75. The molecule has 37 heavy (non-hydrogen) atoms. The molecule has 206 valence electrons. The molecule has 3 aliphatic heterocycles. The van der Waals surface area contributed by atoms with Gasteiger partial charge in [-0.3, -0.25) is 9.69 Å². The molecule has 1 aliphatic carbocycles. The van der Waals surface area contributed by atoms with Gasteiger partial charge in [-0.05, 0) is 76.9 Å². The first-order valence-electron chi connectivity index (χ1n) is 15.3. The molecule has 8 nitrogen and oxygen atoms in total. The predicted octanol–water partition coefficient (Wildman–Crippen LogP) is 4.02. The zero-order valence-electron chi connectivity index (χ0n) is 22.8. The Kier molecular flexibility index (Phi) is 9.54. The van der Waals surface area contributed by atoms with Crippen molar-refractivity contribution in [3.8, 4) is 0 Å². The molecular weight excluding hydrogens is 462 g/mol. The van der Waals surface area contributed by atoms with Crippen LogP contribution in [0, 0.1) is 5.92 Å². The maximum atomic E-state index is 13.1. The molecule has 1 aromatic rings. The Morgan fingerprint density at radius 2 is 1.62 bits per heavy atom. The van der Waals surface area contributed by atoms with E-state index in [-0.39, 0.29) is 5.92 Å². The number of rotatable bonds is 7. The van der Waals surface area contributed by atoms with Crippen LogP contribution in [0.4, 0.5) is 11.8 Å². The van der Waals surface area contributed by atoms with Crippen LogP contribution in [0.15, 0.2) is 12.3 Å². The van der Waals surface area contributed by atoms with Gasteiger partial charge in [0.05, 0.1) is 0 Å². The minimum Gasteiger partial charge on any atom is -0.356 e. The number of anilines is 2. The molecule has 4 heterocycles. The number of nitrogens with two attached hydrogens (primary N) is 1. The van der Waals surface area contributed by atoms with Crippen LogP contribution in [-0.4, -0.2) is 83.1 Å². The normalized spacial score (nSPS) is 27.2. The van der Waals surface area contributed by atoms with Crippen LogP contribution in [0.5, 0.6) is 0 Å². The zero-order valence-corrected chi connectivity index (χ0v) is 22.8. The average molecular weight is 512 g/mol. The Bertz CT molecular complexity index is 844. The van der Waals surface area contributed by atoms with E-state index in [0.717, 1.165) is 83.0 Å². The fraction of sp³-hybridized carbons (Fsp3) is 0.828. The van der Waals surface area contributed by atoms with Crippen molar-refractivity contribution in [3.05, 3.63) is 12.3 Å². The van der Waals surface area contributed by atoms with E-state index >= 15 is 0 Å². The van der Waals surface area contributed by atoms with E-state index < -0.39 is 0 Å². The highest BCUT2D eigenvalue weighted by molar-refractivity contribution is 5.79. The van der Waals surface area contributed by atoms with Crippen LogP contribution in [0.1, 0.15) is 89.9 Å². The molecule has 2 unspecified atom stereocenters. The molecule has 4 fully saturated rings. The van der Waals surface area contributed by atoms with Crippen LogP contribution in [-0.2, 0) is 4.79 Å². The summed E-state index contributed by atoms with van der Waals surface area (Å²) in [6.07, 6.45) is 18.4. The molecule has 0 bridgehead atoms. The van der Waals surface area contributed by atoms with Crippen molar-refractivity contribution < 1.29 is 4.79 Å². The van der Waals surface area contributed by atoms with Gasteiger partial charge in [-0.15, -0.1) is 0 Å². The summed E-state index contributed by atoms with van der Waals surface area (Å²) in [5.41, 5.74) is 6.14. The minimum absolute atomic E-state index is 0.281.